The van der Waals surface area contributed by atoms with Crippen LogP contribution in [-0.4, -0.2) is 21.8 Å². The molecule has 1 aliphatic heterocycles. The van der Waals surface area contributed by atoms with E-state index in [1.54, 1.807) is 0 Å². The van der Waals surface area contributed by atoms with Crippen LogP contribution in [0.15, 0.2) is 18.2 Å². The SMILES string of the molecule is O=S1CCC(Nc2c(Cl)cccc2Cl)CC1. The monoisotopic (exact) mass is 277 g/mol. The standard InChI is InChI=1S/C11H13Cl2NOS/c12-9-2-1-3-10(13)11(9)14-8-4-6-16(15)7-5-8/h1-3,8,14H,4-7H2. The van der Waals surface area contributed by atoms with Crippen molar-refractivity contribution in [2.45, 2.75) is 18.9 Å². The third kappa shape index (κ3) is 2.90. The van der Waals surface area contributed by atoms with Gasteiger partial charge in [-0.1, -0.05) is 29.3 Å². The van der Waals surface area contributed by atoms with E-state index in [9.17, 15) is 4.21 Å². The van der Waals surface area contributed by atoms with E-state index in [-0.39, 0.29) is 0 Å². The summed E-state index contributed by atoms with van der Waals surface area (Å²) in [5.41, 5.74) is 0.795. The molecule has 0 unspecified atom stereocenters. The van der Waals surface area contributed by atoms with Crippen LogP contribution in [0.5, 0.6) is 0 Å². The maximum Gasteiger partial charge on any atom is 0.0721 e. The van der Waals surface area contributed by atoms with E-state index in [2.05, 4.69) is 5.32 Å². The molecule has 2 nitrogen and oxygen atoms in total. The van der Waals surface area contributed by atoms with Crippen LogP contribution in [0.4, 0.5) is 5.69 Å². The Balaban J connectivity index is 2.06. The Morgan fingerprint density at radius 2 is 1.75 bits per heavy atom. The summed E-state index contributed by atoms with van der Waals surface area (Å²) in [6.07, 6.45) is 1.82. The van der Waals surface area contributed by atoms with E-state index in [1.165, 1.54) is 0 Å². The first kappa shape index (κ1) is 12.2. The number of hydrogen-bond donors (Lipinski definition) is 1. The smallest absolute Gasteiger partial charge is 0.0721 e. The number of hydrogen-bond acceptors (Lipinski definition) is 2. The highest BCUT2D eigenvalue weighted by molar-refractivity contribution is 7.85. The molecule has 0 amide bonds. The lowest BCUT2D eigenvalue weighted by atomic mass is 10.1. The van der Waals surface area contributed by atoms with Crippen LogP contribution in [0, 0.1) is 0 Å². The predicted molar refractivity (Wildman–Crippen MR) is 71.0 cm³/mol. The van der Waals surface area contributed by atoms with Crippen molar-refractivity contribution in [2.24, 2.45) is 0 Å². The highest BCUT2D eigenvalue weighted by atomic mass is 35.5. The molecule has 16 heavy (non-hydrogen) atoms. The topological polar surface area (TPSA) is 29.1 Å². The zero-order chi connectivity index (χ0) is 11.5. The fraction of sp³-hybridized carbons (Fsp3) is 0.455. The second-order valence-electron chi connectivity index (χ2n) is 3.86. The summed E-state index contributed by atoms with van der Waals surface area (Å²) < 4.78 is 11.2. The highest BCUT2D eigenvalue weighted by Gasteiger charge is 2.19. The van der Waals surface area contributed by atoms with E-state index in [1.807, 2.05) is 18.2 Å². The van der Waals surface area contributed by atoms with Gasteiger partial charge < -0.3 is 5.32 Å². The summed E-state index contributed by atoms with van der Waals surface area (Å²) >= 11 is 12.1. The molecule has 1 heterocycles. The lowest BCUT2D eigenvalue weighted by molar-refractivity contribution is 0.624. The van der Waals surface area contributed by atoms with Gasteiger partial charge in [-0.2, -0.15) is 0 Å². The molecular formula is C11H13Cl2NOS. The molecular weight excluding hydrogens is 265 g/mol. The Morgan fingerprint density at radius 3 is 2.31 bits per heavy atom. The summed E-state index contributed by atoms with van der Waals surface area (Å²) in [6, 6.07) is 5.79. The molecule has 0 bridgehead atoms. The molecule has 2 rings (SSSR count). The Bertz CT molecular complexity index is 381. The number of halogens is 2. The number of benzene rings is 1. The van der Waals surface area contributed by atoms with Gasteiger partial charge in [-0.05, 0) is 25.0 Å². The van der Waals surface area contributed by atoms with Crippen molar-refractivity contribution in [3.05, 3.63) is 28.2 Å². The second kappa shape index (κ2) is 5.39. The lowest BCUT2D eigenvalue weighted by Crippen LogP contribution is -2.29. The minimum Gasteiger partial charge on any atom is -0.380 e. The maximum atomic E-state index is 11.2. The average Bonchev–Trinajstić information content (AvgIpc) is 2.26. The van der Waals surface area contributed by atoms with Gasteiger partial charge in [0.25, 0.3) is 0 Å². The van der Waals surface area contributed by atoms with Crippen LogP contribution in [0.25, 0.3) is 0 Å². The molecule has 5 heteroatoms. The van der Waals surface area contributed by atoms with Gasteiger partial charge >= 0.3 is 0 Å². The molecule has 0 aromatic heterocycles. The van der Waals surface area contributed by atoms with Crippen LogP contribution in [-0.2, 0) is 10.8 Å². The van der Waals surface area contributed by atoms with Crippen molar-refractivity contribution in [2.75, 3.05) is 16.8 Å². The summed E-state index contributed by atoms with van der Waals surface area (Å²) in [6.45, 7) is 0. The third-order valence-electron chi connectivity index (χ3n) is 2.70. The molecule has 0 radical (unpaired) electrons. The van der Waals surface area contributed by atoms with Crippen molar-refractivity contribution in [1.29, 1.82) is 0 Å². The van der Waals surface area contributed by atoms with E-state index in [0.717, 1.165) is 30.0 Å². The highest BCUT2D eigenvalue weighted by Crippen LogP contribution is 2.31. The van der Waals surface area contributed by atoms with Crippen molar-refractivity contribution in [1.82, 2.24) is 0 Å². The van der Waals surface area contributed by atoms with Gasteiger partial charge in [0.2, 0.25) is 0 Å². The lowest BCUT2D eigenvalue weighted by Gasteiger charge is -2.24. The molecule has 1 saturated heterocycles. The molecule has 0 spiro atoms. The minimum absolute atomic E-state index is 0.329. The molecule has 1 aromatic rings. The largest absolute Gasteiger partial charge is 0.380 e. The van der Waals surface area contributed by atoms with Gasteiger partial charge in [0, 0.05) is 28.3 Å². The van der Waals surface area contributed by atoms with E-state index in [0.29, 0.717) is 16.1 Å². The number of rotatable bonds is 2. The number of nitrogens with one attached hydrogen (secondary N) is 1. The molecule has 0 saturated carbocycles. The first-order valence-corrected chi connectivity index (χ1v) is 7.47. The first-order chi connectivity index (χ1) is 7.66. The number of para-hydroxylation sites is 1. The van der Waals surface area contributed by atoms with Crippen molar-refractivity contribution in [3.63, 3.8) is 0 Å². The van der Waals surface area contributed by atoms with Gasteiger partial charge in [0.05, 0.1) is 15.7 Å². The maximum absolute atomic E-state index is 11.2. The van der Waals surface area contributed by atoms with E-state index in [4.69, 9.17) is 23.2 Å². The van der Waals surface area contributed by atoms with E-state index >= 15 is 0 Å². The Hall–Kier alpha value is -0.250. The van der Waals surface area contributed by atoms with Gasteiger partial charge in [0.15, 0.2) is 0 Å². The Morgan fingerprint density at radius 1 is 1.19 bits per heavy atom. The van der Waals surface area contributed by atoms with Crippen LogP contribution < -0.4 is 5.32 Å². The zero-order valence-electron chi connectivity index (χ0n) is 8.71. The molecule has 1 fully saturated rings. The summed E-state index contributed by atoms with van der Waals surface area (Å²) in [5.74, 6) is 1.53. The van der Waals surface area contributed by atoms with Gasteiger partial charge in [0.1, 0.15) is 0 Å². The molecule has 1 aromatic carbocycles. The van der Waals surface area contributed by atoms with Gasteiger partial charge in [-0.25, -0.2) is 0 Å². The van der Waals surface area contributed by atoms with Crippen LogP contribution >= 0.6 is 23.2 Å². The van der Waals surface area contributed by atoms with Crippen molar-refractivity contribution in [3.8, 4) is 0 Å². The summed E-state index contributed by atoms with van der Waals surface area (Å²) in [7, 11) is -0.636. The zero-order valence-corrected chi connectivity index (χ0v) is 11.0. The Labute approximate surface area is 108 Å². The quantitative estimate of drug-likeness (QED) is 0.899. The van der Waals surface area contributed by atoms with Crippen molar-refractivity contribution >= 4 is 39.7 Å². The third-order valence-corrected chi connectivity index (χ3v) is 4.71. The van der Waals surface area contributed by atoms with E-state index < -0.39 is 10.8 Å². The molecule has 0 aliphatic carbocycles. The molecule has 1 aliphatic rings. The molecule has 0 atom stereocenters. The summed E-state index contributed by atoms with van der Waals surface area (Å²) in [4.78, 5) is 0. The summed E-state index contributed by atoms with van der Waals surface area (Å²) in [5, 5.41) is 4.62. The number of anilines is 1. The van der Waals surface area contributed by atoms with Gasteiger partial charge in [-0.3, -0.25) is 4.21 Å². The fourth-order valence-electron chi connectivity index (χ4n) is 1.78. The fourth-order valence-corrected chi connectivity index (χ4v) is 3.58. The minimum atomic E-state index is -0.636. The first-order valence-electron chi connectivity index (χ1n) is 5.22. The Kier molecular flexibility index (Phi) is 4.11. The van der Waals surface area contributed by atoms with Crippen molar-refractivity contribution < 1.29 is 4.21 Å². The molecule has 88 valence electrons. The van der Waals surface area contributed by atoms with Gasteiger partial charge in [-0.15, -0.1) is 0 Å². The van der Waals surface area contributed by atoms with Crippen LogP contribution in [0.3, 0.4) is 0 Å². The van der Waals surface area contributed by atoms with Crippen LogP contribution in [0.2, 0.25) is 10.0 Å². The predicted octanol–water partition coefficient (Wildman–Crippen LogP) is 3.32. The van der Waals surface area contributed by atoms with Crippen LogP contribution in [0.1, 0.15) is 12.8 Å². The molecule has 1 N–H and O–H groups in total. The normalized spacial score (nSPS) is 25.4. The second-order valence-corrected chi connectivity index (χ2v) is 6.37. The average molecular weight is 278 g/mol.